The molecule has 17 heavy (non-hydrogen) atoms. The van der Waals surface area contributed by atoms with Crippen molar-refractivity contribution < 1.29 is 19.4 Å². The molecule has 0 aliphatic heterocycles. The summed E-state index contributed by atoms with van der Waals surface area (Å²) in [5.74, 6) is -1.61. The maximum absolute atomic E-state index is 11.1. The molecule has 0 aromatic heterocycles. The van der Waals surface area contributed by atoms with Crippen LogP contribution in [-0.2, 0) is 19.9 Å². The lowest BCUT2D eigenvalue weighted by molar-refractivity contribution is -0.160. The van der Waals surface area contributed by atoms with Crippen LogP contribution in [0.3, 0.4) is 0 Å². The van der Waals surface area contributed by atoms with Gasteiger partial charge >= 0.3 is 11.9 Å². The van der Waals surface area contributed by atoms with Crippen molar-refractivity contribution in [2.45, 2.75) is 24.3 Å². The van der Waals surface area contributed by atoms with E-state index in [0.29, 0.717) is 5.56 Å². The Hall–Kier alpha value is -1.36. The third-order valence-corrected chi connectivity index (χ3v) is 3.67. The van der Waals surface area contributed by atoms with Crippen LogP contribution < -0.4 is 0 Å². The molecular formula is C12H13BrO4. The van der Waals surface area contributed by atoms with Crippen LogP contribution in [-0.4, -0.2) is 21.9 Å². The fourth-order valence-corrected chi connectivity index (χ4v) is 1.92. The predicted octanol–water partition coefficient (Wildman–Crippen LogP) is 2.31. The highest BCUT2D eigenvalue weighted by Gasteiger charge is 2.42. The van der Waals surface area contributed by atoms with Crippen molar-refractivity contribution >= 4 is 27.9 Å². The third-order valence-electron chi connectivity index (χ3n) is 2.40. The highest BCUT2D eigenvalue weighted by molar-refractivity contribution is 9.10. The van der Waals surface area contributed by atoms with E-state index in [4.69, 9.17) is 9.84 Å². The van der Waals surface area contributed by atoms with Gasteiger partial charge in [0.25, 0.3) is 0 Å². The van der Waals surface area contributed by atoms with Gasteiger partial charge in [0.1, 0.15) is 0 Å². The molecule has 1 rings (SSSR count). The molecule has 1 aromatic carbocycles. The largest absolute Gasteiger partial charge is 0.480 e. The van der Waals surface area contributed by atoms with E-state index in [2.05, 4.69) is 15.9 Å². The van der Waals surface area contributed by atoms with Crippen LogP contribution in [0.5, 0.6) is 0 Å². The average Bonchev–Trinajstić information content (AvgIpc) is 2.28. The first-order valence-electron chi connectivity index (χ1n) is 5.00. The Morgan fingerprint density at radius 1 is 1.35 bits per heavy atom. The number of ether oxygens (including phenoxy) is 1. The Kier molecular flexibility index (Phi) is 4.28. The number of carboxylic acid groups (broad SMARTS) is 1. The van der Waals surface area contributed by atoms with Crippen molar-refractivity contribution in [3.05, 3.63) is 35.9 Å². The molecule has 0 saturated heterocycles. The molecule has 0 fully saturated rings. The van der Waals surface area contributed by atoms with E-state index in [1.54, 1.807) is 31.2 Å². The van der Waals surface area contributed by atoms with E-state index in [1.807, 2.05) is 6.07 Å². The molecule has 1 aromatic rings. The summed E-state index contributed by atoms with van der Waals surface area (Å²) in [5.41, 5.74) is -0.613. The maximum atomic E-state index is 11.1. The number of esters is 1. The molecule has 0 aliphatic carbocycles. The zero-order valence-corrected chi connectivity index (χ0v) is 11.1. The second kappa shape index (κ2) is 5.31. The topological polar surface area (TPSA) is 63.6 Å². The van der Waals surface area contributed by atoms with Gasteiger partial charge in [-0.05, 0) is 12.5 Å². The average molecular weight is 301 g/mol. The van der Waals surface area contributed by atoms with Crippen molar-refractivity contribution in [3.63, 3.8) is 0 Å². The first-order valence-corrected chi connectivity index (χ1v) is 5.91. The quantitative estimate of drug-likeness (QED) is 0.684. The number of halogens is 1. The van der Waals surface area contributed by atoms with Crippen LogP contribution >= 0.6 is 15.9 Å². The molecule has 2 atom stereocenters. The van der Waals surface area contributed by atoms with E-state index in [0.717, 1.165) is 0 Å². The van der Waals surface area contributed by atoms with E-state index in [9.17, 15) is 9.59 Å². The number of benzene rings is 1. The number of hydrogen-bond acceptors (Lipinski definition) is 3. The van der Waals surface area contributed by atoms with Crippen LogP contribution in [0.1, 0.15) is 19.4 Å². The molecule has 0 spiro atoms. The number of alkyl halides is 1. The number of hydrogen-bond donors (Lipinski definition) is 1. The van der Waals surface area contributed by atoms with Crippen LogP contribution in [0.2, 0.25) is 0 Å². The number of carboxylic acids is 1. The molecule has 0 amide bonds. The maximum Gasteiger partial charge on any atom is 0.321 e. The Balaban J connectivity index is 3.19. The Morgan fingerprint density at radius 3 is 2.29 bits per heavy atom. The molecule has 0 bridgehead atoms. The highest BCUT2D eigenvalue weighted by Crippen LogP contribution is 2.34. The van der Waals surface area contributed by atoms with E-state index in [-0.39, 0.29) is 0 Å². The van der Waals surface area contributed by atoms with E-state index >= 15 is 0 Å². The molecule has 92 valence electrons. The summed E-state index contributed by atoms with van der Waals surface area (Å²) < 4.78 is 5.18. The minimum atomic E-state index is -1.24. The van der Waals surface area contributed by atoms with Gasteiger partial charge < -0.3 is 9.84 Å². The first-order chi connectivity index (χ1) is 7.88. The smallest absolute Gasteiger partial charge is 0.321 e. The molecule has 4 nitrogen and oxygen atoms in total. The summed E-state index contributed by atoms with van der Waals surface area (Å²) in [7, 11) is 0. The Morgan fingerprint density at radius 2 is 1.88 bits per heavy atom. The van der Waals surface area contributed by atoms with Crippen LogP contribution in [0, 0.1) is 0 Å². The second-order valence-corrected chi connectivity index (χ2v) is 4.68. The standard InChI is InChI=1S/C12H13BrO4/c1-8(14)17-12(2,10(13)11(15)16)9-6-4-3-5-7-9/h3-7,10H,1-2H3,(H,15,16)/t10-,12+/m1/s1. The molecule has 0 unspecified atom stereocenters. The van der Waals surface area contributed by atoms with Crippen LogP contribution in [0.15, 0.2) is 30.3 Å². The summed E-state index contributed by atoms with van der Waals surface area (Å²) in [6.07, 6.45) is 0. The highest BCUT2D eigenvalue weighted by atomic mass is 79.9. The molecule has 1 N–H and O–H groups in total. The van der Waals surface area contributed by atoms with Crippen molar-refractivity contribution in [1.82, 2.24) is 0 Å². The van der Waals surface area contributed by atoms with Crippen LogP contribution in [0.25, 0.3) is 0 Å². The van der Waals surface area contributed by atoms with Crippen LogP contribution in [0.4, 0.5) is 0 Å². The Labute approximate surface area is 108 Å². The van der Waals surface area contributed by atoms with Crippen molar-refractivity contribution in [2.24, 2.45) is 0 Å². The second-order valence-electron chi connectivity index (χ2n) is 3.77. The summed E-state index contributed by atoms with van der Waals surface area (Å²) in [6, 6.07) is 8.78. The molecule has 0 heterocycles. The van der Waals surface area contributed by atoms with Gasteiger partial charge in [0, 0.05) is 6.92 Å². The number of carbonyl (C=O) groups excluding carboxylic acids is 1. The number of carbonyl (C=O) groups is 2. The minimum Gasteiger partial charge on any atom is -0.480 e. The van der Waals surface area contributed by atoms with Gasteiger partial charge in [-0.3, -0.25) is 9.59 Å². The molecule has 0 aliphatic rings. The zero-order chi connectivity index (χ0) is 13.1. The number of rotatable bonds is 4. The minimum absolute atomic E-state index is 0.526. The first kappa shape index (κ1) is 13.7. The summed E-state index contributed by atoms with van der Waals surface area (Å²) in [6.45, 7) is 2.82. The van der Waals surface area contributed by atoms with Gasteiger partial charge in [-0.15, -0.1) is 0 Å². The molecule has 5 heteroatoms. The fourth-order valence-electron chi connectivity index (χ4n) is 1.56. The Bertz CT molecular complexity index is 418. The summed E-state index contributed by atoms with van der Waals surface area (Å²) in [4.78, 5) is 21.2. The van der Waals surface area contributed by atoms with E-state index in [1.165, 1.54) is 6.92 Å². The van der Waals surface area contributed by atoms with E-state index < -0.39 is 22.4 Å². The lowest BCUT2D eigenvalue weighted by atomic mass is 9.92. The van der Waals surface area contributed by atoms with Crippen molar-refractivity contribution in [1.29, 1.82) is 0 Å². The molecule has 0 radical (unpaired) electrons. The zero-order valence-electron chi connectivity index (χ0n) is 9.51. The van der Waals surface area contributed by atoms with Gasteiger partial charge in [-0.25, -0.2) is 0 Å². The van der Waals surface area contributed by atoms with Gasteiger partial charge in [-0.1, -0.05) is 46.3 Å². The summed E-state index contributed by atoms with van der Waals surface area (Å²) in [5, 5.41) is 9.05. The normalized spacial score (nSPS) is 15.7. The SMILES string of the molecule is CC(=O)O[C@@](C)(c1ccccc1)[C@H](Br)C(=O)O. The third kappa shape index (κ3) is 3.06. The lowest BCUT2D eigenvalue weighted by Gasteiger charge is -2.32. The van der Waals surface area contributed by atoms with Gasteiger partial charge in [0.05, 0.1) is 0 Å². The molecule has 0 saturated carbocycles. The van der Waals surface area contributed by atoms with Gasteiger partial charge in [0.2, 0.25) is 0 Å². The van der Waals surface area contributed by atoms with Crippen molar-refractivity contribution in [2.75, 3.05) is 0 Å². The number of aliphatic carboxylic acids is 1. The molecular weight excluding hydrogens is 288 g/mol. The lowest BCUT2D eigenvalue weighted by Crippen LogP contribution is -2.41. The summed E-state index contributed by atoms with van der Waals surface area (Å²) >= 11 is 3.05. The predicted molar refractivity (Wildman–Crippen MR) is 65.9 cm³/mol. The van der Waals surface area contributed by atoms with Gasteiger partial charge in [0.15, 0.2) is 10.4 Å². The monoisotopic (exact) mass is 300 g/mol. The van der Waals surface area contributed by atoms with Crippen molar-refractivity contribution in [3.8, 4) is 0 Å². The van der Waals surface area contributed by atoms with Gasteiger partial charge in [-0.2, -0.15) is 0 Å². The fraction of sp³-hybridized carbons (Fsp3) is 0.333.